The highest BCUT2D eigenvalue weighted by molar-refractivity contribution is 5.46. The Morgan fingerprint density at radius 1 is 1.04 bits per heavy atom. The lowest BCUT2D eigenvalue weighted by molar-refractivity contribution is 0.0523. The number of rotatable bonds is 3. The van der Waals surface area contributed by atoms with Gasteiger partial charge in [-0.05, 0) is 30.5 Å². The first kappa shape index (κ1) is 14.9. The first-order valence-corrected chi connectivity index (χ1v) is 7.72. The van der Waals surface area contributed by atoms with Crippen LogP contribution in [0.1, 0.15) is 24.3 Å². The van der Waals surface area contributed by atoms with Crippen LogP contribution in [0.4, 0.5) is 4.39 Å². The number of halogens is 1. The summed E-state index contributed by atoms with van der Waals surface area (Å²) in [7, 11) is 0. The molecule has 0 bridgehead atoms. The van der Waals surface area contributed by atoms with Crippen molar-refractivity contribution < 1.29 is 13.7 Å². The van der Waals surface area contributed by atoms with Gasteiger partial charge in [-0.25, -0.2) is 9.37 Å². The van der Waals surface area contributed by atoms with E-state index in [1.165, 1.54) is 12.1 Å². The van der Waals surface area contributed by atoms with E-state index in [4.69, 9.17) is 9.26 Å². The molecule has 24 heavy (non-hydrogen) atoms. The SMILES string of the molecule is Fc1ccc(C2(c3nc(-c4cnccn4)no3)CCOCC2)cc1. The highest BCUT2D eigenvalue weighted by Crippen LogP contribution is 2.40. The Morgan fingerprint density at radius 2 is 1.83 bits per heavy atom. The third-order valence-electron chi connectivity index (χ3n) is 4.37. The van der Waals surface area contributed by atoms with Crippen LogP contribution in [-0.4, -0.2) is 33.3 Å². The fourth-order valence-electron chi connectivity index (χ4n) is 3.05. The fraction of sp³-hybridized carbons (Fsp3) is 0.294. The zero-order chi connectivity index (χ0) is 16.4. The zero-order valence-corrected chi connectivity index (χ0v) is 12.9. The molecule has 0 saturated carbocycles. The maximum absolute atomic E-state index is 13.3. The molecule has 2 aromatic heterocycles. The molecule has 0 N–H and O–H groups in total. The smallest absolute Gasteiger partial charge is 0.237 e. The van der Waals surface area contributed by atoms with Crippen molar-refractivity contribution in [1.29, 1.82) is 0 Å². The molecule has 122 valence electrons. The molecule has 0 atom stereocenters. The second-order valence-electron chi connectivity index (χ2n) is 5.72. The Kier molecular flexibility index (Phi) is 3.78. The van der Waals surface area contributed by atoms with Crippen LogP contribution < -0.4 is 0 Å². The zero-order valence-electron chi connectivity index (χ0n) is 12.9. The average Bonchev–Trinajstić information content (AvgIpc) is 3.14. The first-order chi connectivity index (χ1) is 11.8. The summed E-state index contributed by atoms with van der Waals surface area (Å²) >= 11 is 0. The molecule has 1 aliphatic heterocycles. The average molecular weight is 326 g/mol. The molecule has 3 heterocycles. The molecule has 1 saturated heterocycles. The van der Waals surface area contributed by atoms with Gasteiger partial charge >= 0.3 is 0 Å². The maximum atomic E-state index is 13.3. The molecular formula is C17H15FN4O2. The van der Waals surface area contributed by atoms with Gasteiger partial charge in [0.15, 0.2) is 0 Å². The van der Waals surface area contributed by atoms with Crippen molar-refractivity contribution in [3.05, 3.63) is 60.1 Å². The molecule has 0 radical (unpaired) electrons. The van der Waals surface area contributed by atoms with Crippen molar-refractivity contribution in [3.8, 4) is 11.5 Å². The van der Waals surface area contributed by atoms with Gasteiger partial charge in [-0.2, -0.15) is 4.98 Å². The number of hydrogen-bond donors (Lipinski definition) is 0. The van der Waals surface area contributed by atoms with E-state index in [2.05, 4.69) is 20.1 Å². The van der Waals surface area contributed by atoms with Gasteiger partial charge in [0.2, 0.25) is 11.7 Å². The van der Waals surface area contributed by atoms with E-state index in [0.29, 0.717) is 43.5 Å². The number of benzene rings is 1. The van der Waals surface area contributed by atoms with Crippen LogP contribution in [0, 0.1) is 5.82 Å². The van der Waals surface area contributed by atoms with Crippen molar-refractivity contribution in [1.82, 2.24) is 20.1 Å². The molecule has 1 aliphatic rings. The molecule has 0 aliphatic carbocycles. The van der Waals surface area contributed by atoms with Crippen LogP contribution in [0.25, 0.3) is 11.5 Å². The Labute approximate surface area is 137 Å². The van der Waals surface area contributed by atoms with Gasteiger partial charge < -0.3 is 9.26 Å². The van der Waals surface area contributed by atoms with E-state index < -0.39 is 5.41 Å². The summed E-state index contributed by atoms with van der Waals surface area (Å²) in [4.78, 5) is 12.8. The van der Waals surface area contributed by atoms with E-state index in [1.54, 1.807) is 30.7 Å². The van der Waals surface area contributed by atoms with Gasteiger partial charge in [-0.1, -0.05) is 17.3 Å². The molecule has 3 aromatic rings. The van der Waals surface area contributed by atoms with Crippen molar-refractivity contribution in [2.45, 2.75) is 18.3 Å². The summed E-state index contributed by atoms with van der Waals surface area (Å²) in [5.74, 6) is 0.621. The van der Waals surface area contributed by atoms with Crippen LogP contribution in [-0.2, 0) is 10.2 Å². The fourth-order valence-corrected chi connectivity index (χ4v) is 3.05. The maximum Gasteiger partial charge on any atom is 0.237 e. The standard InChI is InChI=1S/C17H15FN4O2/c18-13-3-1-12(2-4-13)17(5-9-23-10-6-17)16-21-15(22-24-16)14-11-19-7-8-20-14/h1-4,7-8,11H,5-6,9-10H2. The molecule has 7 heteroatoms. The largest absolute Gasteiger partial charge is 0.381 e. The van der Waals surface area contributed by atoms with Gasteiger partial charge in [0.05, 0.1) is 11.6 Å². The topological polar surface area (TPSA) is 73.9 Å². The lowest BCUT2D eigenvalue weighted by atomic mass is 9.74. The summed E-state index contributed by atoms with van der Waals surface area (Å²) in [6.45, 7) is 1.17. The Hall–Kier alpha value is -2.67. The molecule has 0 spiro atoms. The van der Waals surface area contributed by atoms with Gasteiger partial charge in [0.25, 0.3) is 0 Å². The molecule has 1 aromatic carbocycles. The number of aromatic nitrogens is 4. The van der Waals surface area contributed by atoms with Crippen LogP contribution in [0.2, 0.25) is 0 Å². The monoisotopic (exact) mass is 326 g/mol. The summed E-state index contributed by atoms with van der Waals surface area (Å²) in [6, 6.07) is 6.44. The van der Waals surface area contributed by atoms with Crippen molar-refractivity contribution in [2.24, 2.45) is 0 Å². The van der Waals surface area contributed by atoms with Crippen molar-refractivity contribution >= 4 is 0 Å². The minimum Gasteiger partial charge on any atom is -0.381 e. The van der Waals surface area contributed by atoms with E-state index in [0.717, 1.165) is 5.56 Å². The quantitative estimate of drug-likeness (QED) is 0.737. The van der Waals surface area contributed by atoms with Crippen LogP contribution in [0.15, 0.2) is 47.4 Å². The van der Waals surface area contributed by atoms with Crippen LogP contribution in [0.3, 0.4) is 0 Å². The van der Waals surface area contributed by atoms with Crippen molar-refractivity contribution in [2.75, 3.05) is 13.2 Å². The van der Waals surface area contributed by atoms with Crippen LogP contribution >= 0.6 is 0 Å². The van der Waals surface area contributed by atoms with Crippen LogP contribution in [0.5, 0.6) is 0 Å². The third kappa shape index (κ3) is 2.56. The second-order valence-corrected chi connectivity index (χ2v) is 5.72. The predicted octanol–water partition coefficient (Wildman–Crippen LogP) is 2.76. The highest BCUT2D eigenvalue weighted by atomic mass is 19.1. The van der Waals surface area contributed by atoms with Gasteiger partial charge in [-0.15, -0.1) is 0 Å². The van der Waals surface area contributed by atoms with Gasteiger partial charge in [0.1, 0.15) is 11.5 Å². The summed E-state index contributed by atoms with van der Waals surface area (Å²) in [5, 5.41) is 4.05. The normalized spacial score (nSPS) is 16.9. The minimum atomic E-state index is -0.473. The predicted molar refractivity (Wildman–Crippen MR) is 82.6 cm³/mol. The number of hydrogen-bond acceptors (Lipinski definition) is 6. The lowest BCUT2D eigenvalue weighted by Crippen LogP contribution is -2.35. The summed E-state index contributed by atoms with van der Waals surface area (Å²) in [6.07, 6.45) is 6.14. The summed E-state index contributed by atoms with van der Waals surface area (Å²) in [5.41, 5.74) is 1.02. The van der Waals surface area contributed by atoms with Gasteiger partial charge in [-0.3, -0.25) is 4.98 Å². The van der Waals surface area contributed by atoms with Crippen molar-refractivity contribution in [3.63, 3.8) is 0 Å². The van der Waals surface area contributed by atoms with Gasteiger partial charge in [0, 0.05) is 25.6 Å². The van der Waals surface area contributed by atoms with E-state index >= 15 is 0 Å². The molecular weight excluding hydrogens is 311 g/mol. The minimum absolute atomic E-state index is 0.272. The Bertz CT molecular complexity index is 814. The van der Waals surface area contributed by atoms with E-state index in [1.807, 2.05) is 0 Å². The van der Waals surface area contributed by atoms with E-state index in [9.17, 15) is 4.39 Å². The Morgan fingerprint density at radius 3 is 2.54 bits per heavy atom. The molecule has 0 amide bonds. The molecule has 0 unspecified atom stereocenters. The number of nitrogens with zero attached hydrogens (tertiary/aromatic N) is 4. The third-order valence-corrected chi connectivity index (χ3v) is 4.37. The molecule has 4 rings (SSSR count). The second kappa shape index (κ2) is 6.09. The molecule has 6 nitrogen and oxygen atoms in total. The summed E-state index contributed by atoms with van der Waals surface area (Å²) < 4.78 is 24.4. The first-order valence-electron chi connectivity index (χ1n) is 7.72. The lowest BCUT2D eigenvalue weighted by Gasteiger charge is -2.34. The highest BCUT2D eigenvalue weighted by Gasteiger charge is 2.41. The Balaban J connectivity index is 1.77. The van der Waals surface area contributed by atoms with E-state index in [-0.39, 0.29) is 5.82 Å². The number of ether oxygens (including phenoxy) is 1. The molecule has 1 fully saturated rings.